The number of benzene rings is 1. The number of aromatic nitrogens is 3. The van der Waals surface area contributed by atoms with Crippen LogP contribution in [0.25, 0.3) is 0 Å². The quantitative estimate of drug-likeness (QED) is 0.296. The topological polar surface area (TPSA) is 64.8 Å². The third-order valence-corrected chi connectivity index (χ3v) is 6.53. The van der Waals surface area contributed by atoms with Crippen molar-refractivity contribution in [3.05, 3.63) is 54.1 Å². The SMILES string of the molecule is Cc1nnc(CN=C(NCCCN(C)c2ccccc2)N2CCC(N3CC=CC3)C2)n1C. The van der Waals surface area contributed by atoms with Crippen LogP contribution in [0.5, 0.6) is 0 Å². The molecule has 0 amide bonds. The van der Waals surface area contributed by atoms with Crippen LogP contribution in [-0.4, -0.2) is 82.9 Å². The standard InChI is InChI=1S/C24H36N8/c1-20-27-28-23(30(20)3)18-26-24(32-17-12-22(19-32)31-15-7-8-16-31)25-13-9-14-29(2)21-10-5-4-6-11-21/h4-8,10-11,22H,9,12-19H2,1-3H3,(H,25,26). The van der Waals surface area contributed by atoms with Crippen LogP contribution in [0.3, 0.4) is 0 Å². The first-order chi connectivity index (χ1) is 15.6. The monoisotopic (exact) mass is 436 g/mol. The zero-order valence-electron chi connectivity index (χ0n) is 19.6. The lowest BCUT2D eigenvalue weighted by Gasteiger charge is -2.26. The second-order valence-electron chi connectivity index (χ2n) is 8.71. The van der Waals surface area contributed by atoms with Crippen molar-refractivity contribution >= 4 is 11.6 Å². The summed E-state index contributed by atoms with van der Waals surface area (Å²) in [5.74, 6) is 2.80. The molecule has 1 fully saturated rings. The normalized spacial score (nSPS) is 19.2. The summed E-state index contributed by atoms with van der Waals surface area (Å²) in [6.07, 6.45) is 6.77. The van der Waals surface area contributed by atoms with Crippen molar-refractivity contribution in [3.63, 3.8) is 0 Å². The maximum atomic E-state index is 4.95. The van der Waals surface area contributed by atoms with Gasteiger partial charge in [0.1, 0.15) is 12.4 Å². The van der Waals surface area contributed by atoms with Gasteiger partial charge in [-0.25, -0.2) is 4.99 Å². The van der Waals surface area contributed by atoms with Crippen LogP contribution in [0, 0.1) is 6.92 Å². The largest absolute Gasteiger partial charge is 0.375 e. The Morgan fingerprint density at radius 2 is 1.97 bits per heavy atom. The van der Waals surface area contributed by atoms with Crippen LogP contribution in [0.4, 0.5) is 5.69 Å². The Balaban J connectivity index is 1.35. The maximum Gasteiger partial charge on any atom is 0.194 e. The van der Waals surface area contributed by atoms with Gasteiger partial charge in [0.2, 0.25) is 0 Å². The Labute approximate surface area is 191 Å². The van der Waals surface area contributed by atoms with E-state index < -0.39 is 0 Å². The molecule has 1 aromatic carbocycles. The first-order valence-corrected chi connectivity index (χ1v) is 11.6. The molecular weight excluding hydrogens is 400 g/mol. The zero-order chi connectivity index (χ0) is 22.3. The lowest BCUT2D eigenvalue weighted by molar-refractivity contribution is 0.259. The number of anilines is 1. The third-order valence-electron chi connectivity index (χ3n) is 6.53. The number of nitrogens with zero attached hydrogens (tertiary/aromatic N) is 7. The predicted molar refractivity (Wildman–Crippen MR) is 130 cm³/mol. The molecule has 1 unspecified atom stereocenters. The van der Waals surface area contributed by atoms with Crippen molar-refractivity contribution in [2.24, 2.45) is 12.0 Å². The highest BCUT2D eigenvalue weighted by Crippen LogP contribution is 2.18. The van der Waals surface area contributed by atoms with E-state index >= 15 is 0 Å². The first kappa shape index (κ1) is 22.3. The molecule has 1 saturated heterocycles. The van der Waals surface area contributed by atoms with Crippen molar-refractivity contribution in [1.29, 1.82) is 0 Å². The molecule has 8 heteroatoms. The van der Waals surface area contributed by atoms with Crippen LogP contribution in [0.1, 0.15) is 24.5 Å². The molecule has 4 rings (SSSR count). The molecule has 1 aromatic heterocycles. The number of aryl methyl sites for hydroxylation is 1. The molecule has 0 spiro atoms. The van der Waals surface area contributed by atoms with E-state index in [1.807, 2.05) is 18.5 Å². The van der Waals surface area contributed by atoms with E-state index in [1.165, 1.54) is 12.1 Å². The van der Waals surface area contributed by atoms with Crippen LogP contribution in [0.2, 0.25) is 0 Å². The van der Waals surface area contributed by atoms with E-state index in [0.717, 1.165) is 63.3 Å². The molecular formula is C24H36N8. The van der Waals surface area contributed by atoms with E-state index in [0.29, 0.717) is 12.6 Å². The summed E-state index contributed by atoms with van der Waals surface area (Å²) < 4.78 is 2.01. The summed E-state index contributed by atoms with van der Waals surface area (Å²) in [6.45, 7) is 8.60. The van der Waals surface area contributed by atoms with Crippen LogP contribution >= 0.6 is 0 Å². The minimum Gasteiger partial charge on any atom is -0.375 e. The molecule has 3 heterocycles. The van der Waals surface area contributed by atoms with Gasteiger partial charge in [-0.15, -0.1) is 10.2 Å². The van der Waals surface area contributed by atoms with Gasteiger partial charge in [0.05, 0.1) is 0 Å². The van der Waals surface area contributed by atoms with Gasteiger partial charge in [-0.2, -0.15) is 0 Å². The Bertz CT molecular complexity index is 911. The number of likely N-dealkylation sites (tertiary alicyclic amines) is 1. The maximum absolute atomic E-state index is 4.95. The Hall–Kier alpha value is -2.87. The van der Waals surface area contributed by atoms with Crippen molar-refractivity contribution in [1.82, 2.24) is 29.9 Å². The number of nitrogens with one attached hydrogen (secondary N) is 1. The first-order valence-electron chi connectivity index (χ1n) is 11.6. The number of para-hydroxylation sites is 1. The van der Waals surface area contributed by atoms with Gasteiger partial charge in [-0.05, 0) is 31.9 Å². The number of hydrogen-bond acceptors (Lipinski definition) is 5. The highest BCUT2D eigenvalue weighted by molar-refractivity contribution is 5.80. The summed E-state index contributed by atoms with van der Waals surface area (Å²) in [5, 5.41) is 12.1. The molecule has 0 radical (unpaired) electrons. The van der Waals surface area contributed by atoms with Gasteiger partial charge in [-0.3, -0.25) is 4.90 Å². The van der Waals surface area contributed by atoms with E-state index in [-0.39, 0.29) is 0 Å². The summed E-state index contributed by atoms with van der Waals surface area (Å²) in [5.41, 5.74) is 1.25. The summed E-state index contributed by atoms with van der Waals surface area (Å²) in [4.78, 5) is 12.2. The van der Waals surface area contributed by atoms with Crippen molar-refractivity contribution < 1.29 is 0 Å². The molecule has 2 aliphatic rings. The van der Waals surface area contributed by atoms with Crippen LogP contribution in [-0.2, 0) is 13.6 Å². The Morgan fingerprint density at radius 1 is 1.19 bits per heavy atom. The van der Waals surface area contributed by atoms with Crippen molar-refractivity contribution in [2.75, 3.05) is 51.2 Å². The summed E-state index contributed by atoms with van der Waals surface area (Å²) >= 11 is 0. The van der Waals surface area contributed by atoms with E-state index in [2.05, 4.69) is 79.7 Å². The van der Waals surface area contributed by atoms with Gasteiger partial charge in [0.15, 0.2) is 11.8 Å². The van der Waals surface area contributed by atoms with Gasteiger partial charge in [0, 0.05) is 65.1 Å². The fraction of sp³-hybridized carbons (Fsp3) is 0.542. The van der Waals surface area contributed by atoms with Crippen LogP contribution in [0.15, 0.2) is 47.5 Å². The number of aliphatic imine (C=N–C) groups is 1. The van der Waals surface area contributed by atoms with Gasteiger partial charge >= 0.3 is 0 Å². The lowest BCUT2D eigenvalue weighted by Crippen LogP contribution is -2.43. The van der Waals surface area contributed by atoms with Crippen LogP contribution < -0.4 is 10.2 Å². The third kappa shape index (κ3) is 5.48. The van der Waals surface area contributed by atoms with E-state index in [9.17, 15) is 0 Å². The van der Waals surface area contributed by atoms with Gasteiger partial charge in [0.25, 0.3) is 0 Å². The van der Waals surface area contributed by atoms with E-state index in [1.54, 1.807) is 0 Å². The summed E-state index contributed by atoms with van der Waals surface area (Å²) in [6, 6.07) is 11.1. The average Bonchev–Trinajstić information content (AvgIpc) is 3.57. The fourth-order valence-electron chi connectivity index (χ4n) is 4.35. The molecule has 0 bridgehead atoms. The van der Waals surface area contributed by atoms with Crippen molar-refractivity contribution in [3.8, 4) is 0 Å². The molecule has 2 aliphatic heterocycles. The Kier molecular flexibility index (Phi) is 7.42. The van der Waals surface area contributed by atoms with Crippen molar-refractivity contribution in [2.45, 2.75) is 32.4 Å². The fourth-order valence-corrected chi connectivity index (χ4v) is 4.35. The Morgan fingerprint density at radius 3 is 2.69 bits per heavy atom. The minimum atomic E-state index is 0.538. The molecule has 0 saturated carbocycles. The summed E-state index contributed by atoms with van der Waals surface area (Å²) in [7, 11) is 4.15. The molecule has 1 atom stereocenters. The number of hydrogen-bond donors (Lipinski definition) is 1. The molecule has 0 aliphatic carbocycles. The van der Waals surface area contributed by atoms with Gasteiger partial charge < -0.3 is 19.7 Å². The second-order valence-corrected chi connectivity index (χ2v) is 8.71. The molecule has 172 valence electrons. The lowest BCUT2D eigenvalue weighted by atomic mass is 10.2. The highest BCUT2D eigenvalue weighted by atomic mass is 15.4. The second kappa shape index (κ2) is 10.6. The average molecular weight is 437 g/mol. The number of guanidine groups is 1. The molecule has 2 aromatic rings. The molecule has 32 heavy (non-hydrogen) atoms. The highest BCUT2D eigenvalue weighted by Gasteiger charge is 2.29. The predicted octanol–water partition coefficient (Wildman–Crippen LogP) is 2.04. The molecule has 1 N–H and O–H groups in total. The smallest absolute Gasteiger partial charge is 0.194 e. The van der Waals surface area contributed by atoms with E-state index in [4.69, 9.17) is 4.99 Å². The zero-order valence-corrected chi connectivity index (χ0v) is 19.6. The molecule has 8 nitrogen and oxygen atoms in total. The number of rotatable bonds is 8. The van der Waals surface area contributed by atoms with Gasteiger partial charge in [-0.1, -0.05) is 30.4 Å². The minimum absolute atomic E-state index is 0.538.